The van der Waals surface area contributed by atoms with Crippen LogP contribution >= 0.6 is 0 Å². The molecule has 0 saturated carbocycles. The molecule has 3 fully saturated rings. The van der Waals surface area contributed by atoms with Crippen LogP contribution in [0.1, 0.15) is 48.9 Å². The van der Waals surface area contributed by atoms with Crippen LogP contribution in [0.2, 0.25) is 0 Å². The number of anilines is 1. The van der Waals surface area contributed by atoms with E-state index in [1.807, 2.05) is 11.0 Å². The van der Waals surface area contributed by atoms with E-state index >= 15 is 0 Å². The number of nitrogens with zero attached hydrogens (tertiary/aromatic N) is 2. The largest absolute Gasteiger partial charge is 0.465 e. The second kappa shape index (κ2) is 8.06. The Labute approximate surface area is 178 Å². The van der Waals surface area contributed by atoms with Crippen molar-refractivity contribution in [2.75, 3.05) is 32.1 Å². The third kappa shape index (κ3) is 3.41. The average Bonchev–Trinajstić information content (AvgIpc) is 2.78. The number of urea groups is 1. The van der Waals surface area contributed by atoms with Crippen LogP contribution in [0.3, 0.4) is 0 Å². The molecule has 6 heteroatoms. The highest BCUT2D eigenvalue weighted by Crippen LogP contribution is 2.45. The number of piperidine rings is 3. The number of benzene rings is 1. The van der Waals surface area contributed by atoms with Crippen molar-refractivity contribution < 1.29 is 14.3 Å². The topological polar surface area (TPSA) is 61.9 Å². The van der Waals surface area contributed by atoms with Crippen LogP contribution in [0.15, 0.2) is 35.9 Å². The quantitative estimate of drug-likeness (QED) is 0.594. The Morgan fingerprint density at radius 2 is 2.00 bits per heavy atom. The lowest BCUT2D eigenvalue weighted by molar-refractivity contribution is 0.00908. The fraction of sp³-hybridized carbons (Fsp3) is 0.583. The number of fused-ring (bicyclic) bond motifs is 6. The molecule has 6 nitrogen and oxygen atoms in total. The van der Waals surface area contributed by atoms with Crippen LogP contribution in [0, 0.1) is 11.8 Å². The van der Waals surface area contributed by atoms with Gasteiger partial charge in [-0.25, -0.2) is 9.59 Å². The van der Waals surface area contributed by atoms with Gasteiger partial charge in [-0.1, -0.05) is 30.2 Å². The molecule has 3 saturated heterocycles. The molecule has 0 radical (unpaired) electrons. The van der Waals surface area contributed by atoms with E-state index in [0.717, 1.165) is 25.9 Å². The molecule has 0 spiro atoms. The van der Waals surface area contributed by atoms with Crippen LogP contribution in [0.4, 0.5) is 10.5 Å². The van der Waals surface area contributed by atoms with Crippen molar-refractivity contribution in [2.24, 2.45) is 11.8 Å². The molecule has 1 N–H and O–H groups in total. The highest BCUT2D eigenvalue weighted by molar-refractivity contribution is 6.00. The van der Waals surface area contributed by atoms with Gasteiger partial charge in [0, 0.05) is 19.1 Å². The molecule has 3 aliphatic heterocycles. The molecule has 3 heterocycles. The molecule has 1 aromatic carbocycles. The van der Waals surface area contributed by atoms with E-state index in [2.05, 4.69) is 16.3 Å². The normalized spacial score (nSPS) is 30.6. The number of carbonyl (C=O) groups excluding carboxylic acids is 2. The van der Waals surface area contributed by atoms with Gasteiger partial charge in [0.05, 0.1) is 24.4 Å². The van der Waals surface area contributed by atoms with Gasteiger partial charge in [0.1, 0.15) is 0 Å². The van der Waals surface area contributed by atoms with E-state index in [4.69, 9.17) is 4.74 Å². The number of carbonyl (C=O) groups is 2. The lowest BCUT2D eigenvalue weighted by Crippen LogP contribution is -2.60. The number of hydrogen-bond acceptors (Lipinski definition) is 4. The maximum atomic E-state index is 13.4. The molecule has 1 aliphatic carbocycles. The van der Waals surface area contributed by atoms with Crippen molar-refractivity contribution in [3.63, 3.8) is 0 Å². The molecule has 0 aromatic heterocycles. The molecule has 4 atom stereocenters. The standard InChI is InChI=1S/C24H31N3O3/c1-30-23(28)19-8-2-3-9-20(19)25-24(29)27-12-6-7-16-13-17-14-18(22(16)27)15-26-11-5-4-10-21(17)26/h2-3,8-9,13,17-18,21-22H,4-7,10-12,14-15H2,1H3,(H,25,29)/t17-,18-,21+,22+/m1/s1. The second-order valence-corrected chi connectivity index (χ2v) is 9.17. The van der Waals surface area contributed by atoms with Crippen molar-refractivity contribution in [3.8, 4) is 0 Å². The molecule has 2 amide bonds. The van der Waals surface area contributed by atoms with Crippen molar-refractivity contribution in [2.45, 2.75) is 50.6 Å². The second-order valence-electron chi connectivity index (χ2n) is 9.17. The van der Waals surface area contributed by atoms with Crippen LogP contribution in [-0.2, 0) is 4.74 Å². The van der Waals surface area contributed by atoms with Gasteiger partial charge in [-0.2, -0.15) is 0 Å². The number of nitrogens with one attached hydrogen (secondary N) is 1. The smallest absolute Gasteiger partial charge is 0.339 e. The van der Waals surface area contributed by atoms with Crippen molar-refractivity contribution in [1.29, 1.82) is 0 Å². The molecule has 30 heavy (non-hydrogen) atoms. The average molecular weight is 410 g/mol. The SMILES string of the molecule is COC(=O)c1ccccc1NC(=O)N1CCCC2=C[C@@H]3C[C@H](CN4CCCC[C@@H]34)[C@H]21. The molecule has 160 valence electrons. The van der Waals surface area contributed by atoms with E-state index in [0.29, 0.717) is 29.1 Å². The number of likely N-dealkylation sites (tertiary alicyclic amines) is 1. The summed E-state index contributed by atoms with van der Waals surface area (Å²) < 4.78 is 4.88. The maximum absolute atomic E-state index is 13.4. The summed E-state index contributed by atoms with van der Waals surface area (Å²) in [5.74, 6) is 0.721. The third-order valence-electron chi connectivity index (χ3n) is 7.49. The highest BCUT2D eigenvalue weighted by Gasteiger charge is 2.47. The first-order chi connectivity index (χ1) is 14.7. The van der Waals surface area contributed by atoms with Crippen molar-refractivity contribution in [1.82, 2.24) is 9.80 Å². The van der Waals surface area contributed by atoms with Gasteiger partial charge in [-0.05, 0) is 62.6 Å². The molecule has 0 unspecified atom stereocenters. The van der Waals surface area contributed by atoms with Gasteiger partial charge in [0.2, 0.25) is 0 Å². The first-order valence-corrected chi connectivity index (χ1v) is 11.4. The molecule has 5 rings (SSSR count). The number of para-hydroxylation sites is 1. The minimum atomic E-state index is -0.436. The van der Waals surface area contributed by atoms with E-state index in [9.17, 15) is 9.59 Å². The number of methoxy groups -OCH3 is 1. The Morgan fingerprint density at radius 3 is 2.87 bits per heavy atom. The van der Waals surface area contributed by atoms with E-state index in [-0.39, 0.29) is 12.1 Å². The molecular formula is C24H31N3O3. The van der Waals surface area contributed by atoms with Gasteiger partial charge < -0.3 is 15.0 Å². The predicted octanol–water partition coefficient (Wildman–Crippen LogP) is 3.90. The van der Waals surface area contributed by atoms with E-state index < -0.39 is 5.97 Å². The summed E-state index contributed by atoms with van der Waals surface area (Å²) in [7, 11) is 1.36. The van der Waals surface area contributed by atoms with Crippen molar-refractivity contribution in [3.05, 3.63) is 41.5 Å². The van der Waals surface area contributed by atoms with Crippen LogP contribution in [-0.4, -0.2) is 60.6 Å². The predicted molar refractivity (Wildman–Crippen MR) is 115 cm³/mol. The zero-order valence-electron chi connectivity index (χ0n) is 17.7. The summed E-state index contributed by atoms with van der Waals surface area (Å²) in [6, 6.07) is 7.84. The lowest BCUT2D eigenvalue weighted by atomic mass is 9.68. The minimum Gasteiger partial charge on any atom is -0.465 e. The summed E-state index contributed by atoms with van der Waals surface area (Å²) in [5, 5.41) is 3.00. The van der Waals surface area contributed by atoms with Crippen molar-refractivity contribution >= 4 is 17.7 Å². The summed E-state index contributed by atoms with van der Waals surface area (Å²) in [6.45, 7) is 3.07. The van der Waals surface area contributed by atoms with Crippen LogP contribution < -0.4 is 5.32 Å². The van der Waals surface area contributed by atoms with E-state index in [1.165, 1.54) is 44.9 Å². The minimum absolute atomic E-state index is 0.110. The van der Waals surface area contributed by atoms with Gasteiger partial charge in [-0.15, -0.1) is 0 Å². The first kappa shape index (κ1) is 19.6. The Morgan fingerprint density at radius 1 is 1.13 bits per heavy atom. The first-order valence-electron chi connectivity index (χ1n) is 11.4. The summed E-state index contributed by atoms with van der Waals surface area (Å²) in [5.41, 5.74) is 2.36. The van der Waals surface area contributed by atoms with E-state index in [1.54, 1.807) is 18.2 Å². The number of ether oxygens (including phenoxy) is 1. The Kier molecular flexibility index (Phi) is 5.27. The number of amides is 2. The van der Waals surface area contributed by atoms with Gasteiger partial charge in [-0.3, -0.25) is 4.90 Å². The zero-order chi connectivity index (χ0) is 20.7. The van der Waals surface area contributed by atoms with Crippen LogP contribution in [0.25, 0.3) is 0 Å². The van der Waals surface area contributed by atoms with Gasteiger partial charge in [0.25, 0.3) is 0 Å². The Hall–Kier alpha value is -2.34. The highest BCUT2D eigenvalue weighted by atomic mass is 16.5. The molecular weight excluding hydrogens is 378 g/mol. The molecule has 2 bridgehead atoms. The summed E-state index contributed by atoms with van der Waals surface area (Å²) >= 11 is 0. The fourth-order valence-electron chi connectivity index (χ4n) is 6.27. The number of rotatable bonds is 2. The molecule has 1 aromatic rings. The molecule has 4 aliphatic rings. The number of hydrogen-bond donors (Lipinski definition) is 1. The summed E-state index contributed by atoms with van der Waals surface area (Å²) in [6.07, 6.45) is 9.78. The Balaban J connectivity index is 1.39. The van der Waals surface area contributed by atoms with Gasteiger partial charge in [0.15, 0.2) is 0 Å². The van der Waals surface area contributed by atoms with Gasteiger partial charge >= 0.3 is 12.0 Å². The lowest BCUT2D eigenvalue weighted by Gasteiger charge is -2.54. The number of esters is 1. The third-order valence-corrected chi connectivity index (χ3v) is 7.49. The monoisotopic (exact) mass is 409 g/mol. The summed E-state index contributed by atoms with van der Waals surface area (Å²) in [4.78, 5) is 30.2. The fourth-order valence-corrected chi connectivity index (χ4v) is 6.27. The zero-order valence-corrected chi connectivity index (χ0v) is 17.7. The Bertz CT molecular complexity index is 867. The maximum Gasteiger partial charge on any atom is 0.339 e. The van der Waals surface area contributed by atoms with Crippen LogP contribution in [0.5, 0.6) is 0 Å².